The van der Waals surface area contributed by atoms with E-state index in [1.54, 1.807) is 0 Å². The summed E-state index contributed by atoms with van der Waals surface area (Å²) in [7, 11) is 0. The molecule has 74 valence electrons. The first kappa shape index (κ1) is 8.49. The Morgan fingerprint density at radius 2 is 2.21 bits per heavy atom. The fourth-order valence-corrected chi connectivity index (χ4v) is 3.21. The molecule has 1 saturated carbocycles. The smallest absolute Gasteiger partial charge is 0.0468 e. The van der Waals surface area contributed by atoms with Gasteiger partial charge in [-0.3, -0.25) is 0 Å². The summed E-state index contributed by atoms with van der Waals surface area (Å²) in [6.45, 7) is 0.369. The normalized spacial score (nSPS) is 34.2. The van der Waals surface area contributed by atoms with Crippen molar-refractivity contribution in [2.24, 2.45) is 5.92 Å². The first-order chi connectivity index (χ1) is 6.87. The highest BCUT2D eigenvalue weighted by Crippen LogP contribution is 2.59. The lowest BCUT2D eigenvalue weighted by molar-refractivity contribution is 0.259. The van der Waals surface area contributed by atoms with Gasteiger partial charge in [-0.1, -0.05) is 24.3 Å². The first-order valence-electron chi connectivity index (χ1n) is 5.56. The number of hydrogen-bond acceptors (Lipinski definition) is 1. The van der Waals surface area contributed by atoms with Crippen LogP contribution in [0.5, 0.6) is 0 Å². The molecule has 1 aromatic carbocycles. The topological polar surface area (TPSA) is 20.2 Å². The maximum absolute atomic E-state index is 9.25. The third-order valence-corrected chi connectivity index (χ3v) is 4.08. The summed E-state index contributed by atoms with van der Waals surface area (Å²) in [6, 6.07) is 8.79. The van der Waals surface area contributed by atoms with Crippen molar-refractivity contribution in [1.29, 1.82) is 0 Å². The molecule has 1 fully saturated rings. The molecule has 3 rings (SSSR count). The predicted molar refractivity (Wildman–Crippen MR) is 56.3 cm³/mol. The highest BCUT2D eigenvalue weighted by molar-refractivity contribution is 5.42. The molecule has 0 amide bonds. The van der Waals surface area contributed by atoms with Gasteiger partial charge in [-0.05, 0) is 42.7 Å². The summed E-state index contributed by atoms with van der Waals surface area (Å²) < 4.78 is 0. The molecule has 14 heavy (non-hydrogen) atoms. The molecule has 1 nitrogen and oxygen atoms in total. The number of fused-ring (bicyclic) bond motifs is 2. The van der Waals surface area contributed by atoms with Gasteiger partial charge in [-0.25, -0.2) is 0 Å². The van der Waals surface area contributed by atoms with E-state index in [2.05, 4.69) is 24.3 Å². The Morgan fingerprint density at radius 3 is 3.00 bits per heavy atom. The monoisotopic (exact) mass is 188 g/mol. The Bertz CT molecular complexity index is 358. The van der Waals surface area contributed by atoms with Gasteiger partial charge in [-0.15, -0.1) is 0 Å². The van der Waals surface area contributed by atoms with Crippen LogP contribution in [0.2, 0.25) is 0 Å². The Kier molecular flexibility index (Phi) is 1.72. The van der Waals surface area contributed by atoms with Gasteiger partial charge < -0.3 is 5.11 Å². The molecule has 0 heterocycles. The Balaban J connectivity index is 2.05. The van der Waals surface area contributed by atoms with Crippen molar-refractivity contribution in [3.8, 4) is 0 Å². The summed E-state index contributed by atoms with van der Waals surface area (Å²) in [5.74, 6) is 0.545. The van der Waals surface area contributed by atoms with E-state index in [9.17, 15) is 5.11 Å². The van der Waals surface area contributed by atoms with Crippen LogP contribution in [-0.4, -0.2) is 11.7 Å². The quantitative estimate of drug-likeness (QED) is 0.716. The molecule has 1 heteroatoms. The van der Waals surface area contributed by atoms with Gasteiger partial charge in [0.1, 0.15) is 0 Å². The second kappa shape index (κ2) is 2.83. The summed E-state index contributed by atoms with van der Waals surface area (Å²) in [5, 5.41) is 9.25. The van der Waals surface area contributed by atoms with E-state index >= 15 is 0 Å². The van der Waals surface area contributed by atoms with Gasteiger partial charge in [0.05, 0.1) is 0 Å². The third-order valence-electron chi connectivity index (χ3n) is 4.08. The minimum Gasteiger partial charge on any atom is -0.396 e. The minimum absolute atomic E-state index is 0.369. The molecule has 1 spiro atoms. The standard InChI is InChI=1S/C13H16O/c14-9-11-8-13(11)7-3-5-10-4-1-2-6-12(10)13/h1-2,4,6,11,14H,3,5,7-9H2. The van der Waals surface area contributed by atoms with Crippen molar-refractivity contribution in [2.45, 2.75) is 31.1 Å². The van der Waals surface area contributed by atoms with Crippen LogP contribution >= 0.6 is 0 Å². The summed E-state index contributed by atoms with van der Waals surface area (Å²) >= 11 is 0. The Labute approximate surface area is 84.8 Å². The lowest BCUT2D eigenvalue weighted by Gasteiger charge is -2.26. The van der Waals surface area contributed by atoms with Crippen LogP contribution in [0.15, 0.2) is 24.3 Å². The molecule has 0 saturated heterocycles. The molecule has 2 atom stereocenters. The van der Waals surface area contributed by atoms with E-state index in [0.29, 0.717) is 17.9 Å². The van der Waals surface area contributed by atoms with E-state index in [4.69, 9.17) is 0 Å². The molecule has 1 N–H and O–H groups in total. The van der Waals surface area contributed by atoms with Crippen LogP contribution in [-0.2, 0) is 11.8 Å². The fraction of sp³-hybridized carbons (Fsp3) is 0.538. The van der Waals surface area contributed by atoms with Gasteiger partial charge in [0.15, 0.2) is 0 Å². The number of aliphatic hydroxyl groups is 1. The van der Waals surface area contributed by atoms with Gasteiger partial charge in [0.2, 0.25) is 0 Å². The minimum atomic E-state index is 0.369. The molecule has 0 aromatic heterocycles. The zero-order valence-corrected chi connectivity index (χ0v) is 8.37. The molecule has 2 aliphatic rings. The number of aliphatic hydroxyl groups excluding tert-OH is 1. The van der Waals surface area contributed by atoms with E-state index in [1.165, 1.54) is 36.8 Å². The van der Waals surface area contributed by atoms with Crippen molar-refractivity contribution in [2.75, 3.05) is 6.61 Å². The van der Waals surface area contributed by atoms with Gasteiger partial charge in [0, 0.05) is 12.0 Å². The third kappa shape index (κ3) is 0.992. The van der Waals surface area contributed by atoms with Crippen LogP contribution in [0, 0.1) is 5.92 Å². The van der Waals surface area contributed by atoms with E-state index in [0.717, 1.165) is 0 Å². The number of aryl methyl sites for hydroxylation is 1. The molecule has 0 aliphatic heterocycles. The molecule has 0 radical (unpaired) electrons. The predicted octanol–water partition coefficient (Wildman–Crippen LogP) is 2.27. The van der Waals surface area contributed by atoms with Crippen LogP contribution < -0.4 is 0 Å². The maximum atomic E-state index is 9.25. The zero-order chi connectivity index (χ0) is 9.60. The Morgan fingerprint density at radius 1 is 1.36 bits per heavy atom. The lowest BCUT2D eigenvalue weighted by Crippen LogP contribution is -2.19. The number of rotatable bonds is 1. The Hall–Kier alpha value is -0.820. The van der Waals surface area contributed by atoms with Gasteiger partial charge in [0.25, 0.3) is 0 Å². The van der Waals surface area contributed by atoms with E-state index in [1.807, 2.05) is 0 Å². The lowest BCUT2D eigenvalue weighted by atomic mass is 9.79. The molecule has 1 aromatic rings. The average molecular weight is 188 g/mol. The van der Waals surface area contributed by atoms with Crippen molar-refractivity contribution in [1.82, 2.24) is 0 Å². The van der Waals surface area contributed by atoms with Crippen molar-refractivity contribution >= 4 is 0 Å². The number of hydrogen-bond donors (Lipinski definition) is 1. The summed E-state index contributed by atoms with van der Waals surface area (Å²) in [6.07, 6.45) is 5.03. The van der Waals surface area contributed by atoms with E-state index in [-0.39, 0.29) is 0 Å². The summed E-state index contributed by atoms with van der Waals surface area (Å²) in [5.41, 5.74) is 3.43. The van der Waals surface area contributed by atoms with Gasteiger partial charge in [-0.2, -0.15) is 0 Å². The summed E-state index contributed by atoms with van der Waals surface area (Å²) in [4.78, 5) is 0. The van der Waals surface area contributed by atoms with Crippen molar-refractivity contribution < 1.29 is 5.11 Å². The van der Waals surface area contributed by atoms with Crippen LogP contribution in [0.1, 0.15) is 30.4 Å². The fourth-order valence-electron chi connectivity index (χ4n) is 3.21. The second-order valence-corrected chi connectivity index (χ2v) is 4.75. The zero-order valence-electron chi connectivity index (χ0n) is 8.37. The SMILES string of the molecule is OCC1CC12CCCc1ccccc12. The molecular formula is C13H16O. The average Bonchev–Trinajstić information content (AvgIpc) is 2.94. The van der Waals surface area contributed by atoms with Crippen LogP contribution in [0.3, 0.4) is 0 Å². The maximum Gasteiger partial charge on any atom is 0.0468 e. The number of benzene rings is 1. The largest absolute Gasteiger partial charge is 0.396 e. The molecule has 2 unspecified atom stereocenters. The molecule has 2 aliphatic carbocycles. The molecular weight excluding hydrogens is 172 g/mol. The highest BCUT2D eigenvalue weighted by atomic mass is 16.3. The first-order valence-corrected chi connectivity index (χ1v) is 5.56. The van der Waals surface area contributed by atoms with Crippen molar-refractivity contribution in [3.63, 3.8) is 0 Å². The van der Waals surface area contributed by atoms with Crippen LogP contribution in [0.25, 0.3) is 0 Å². The van der Waals surface area contributed by atoms with Crippen LogP contribution in [0.4, 0.5) is 0 Å². The van der Waals surface area contributed by atoms with Crippen molar-refractivity contribution in [3.05, 3.63) is 35.4 Å². The van der Waals surface area contributed by atoms with E-state index < -0.39 is 0 Å². The second-order valence-electron chi connectivity index (χ2n) is 4.75. The van der Waals surface area contributed by atoms with Gasteiger partial charge >= 0.3 is 0 Å². The molecule has 0 bridgehead atoms. The highest BCUT2D eigenvalue weighted by Gasteiger charge is 2.55.